The zero-order valence-corrected chi connectivity index (χ0v) is 14.6. The van der Waals surface area contributed by atoms with E-state index >= 15 is 0 Å². The molecule has 2 N–H and O–H groups in total. The standard InChI is InChI=1S/C14H22FN3O.HI/c1-10(2)18-14(16-4)17-9-11(3)19-13-7-5-6-12(15)8-13;/h5-8,10-11H,9H2,1-4H3,(H2,16,17,18);1H. The molecular weight excluding hydrogens is 372 g/mol. The molecule has 0 bridgehead atoms. The lowest BCUT2D eigenvalue weighted by Crippen LogP contribution is -2.44. The van der Waals surface area contributed by atoms with Crippen molar-refractivity contribution < 1.29 is 9.13 Å². The van der Waals surface area contributed by atoms with Gasteiger partial charge in [0.25, 0.3) is 0 Å². The maximum absolute atomic E-state index is 13.0. The molecule has 0 amide bonds. The number of benzene rings is 1. The maximum Gasteiger partial charge on any atom is 0.191 e. The Morgan fingerprint density at radius 2 is 2.05 bits per heavy atom. The summed E-state index contributed by atoms with van der Waals surface area (Å²) in [7, 11) is 1.72. The van der Waals surface area contributed by atoms with Crippen molar-refractivity contribution in [3.8, 4) is 5.75 Å². The molecule has 1 rings (SSSR count). The van der Waals surface area contributed by atoms with Crippen LogP contribution in [-0.4, -0.2) is 31.7 Å². The normalized spacial score (nSPS) is 12.6. The number of rotatable bonds is 5. The van der Waals surface area contributed by atoms with Crippen LogP contribution in [0.2, 0.25) is 0 Å². The van der Waals surface area contributed by atoms with Gasteiger partial charge in [-0.3, -0.25) is 4.99 Å². The topological polar surface area (TPSA) is 45.7 Å². The first-order chi connectivity index (χ1) is 9.01. The van der Waals surface area contributed by atoms with Crippen LogP contribution in [0.1, 0.15) is 20.8 Å². The van der Waals surface area contributed by atoms with Crippen molar-refractivity contribution in [2.24, 2.45) is 4.99 Å². The average molecular weight is 395 g/mol. The molecule has 0 aromatic heterocycles. The van der Waals surface area contributed by atoms with Crippen LogP contribution in [-0.2, 0) is 0 Å². The summed E-state index contributed by atoms with van der Waals surface area (Å²) < 4.78 is 18.6. The molecule has 1 unspecified atom stereocenters. The highest BCUT2D eigenvalue weighted by atomic mass is 127. The van der Waals surface area contributed by atoms with Gasteiger partial charge in [0, 0.05) is 19.2 Å². The summed E-state index contributed by atoms with van der Waals surface area (Å²) in [5.41, 5.74) is 0. The first-order valence-corrected chi connectivity index (χ1v) is 6.40. The van der Waals surface area contributed by atoms with Crippen LogP contribution in [0.4, 0.5) is 4.39 Å². The molecule has 20 heavy (non-hydrogen) atoms. The van der Waals surface area contributed by atoms with Crippen molar-refractivity contribution >= 4 is 29.9 Å². The number of halogens is 2. The molecule has 0 saturated heterocycles. The van der Waals surface area contributed by atoms with Crippen LogP contribution in [0.25, 0.3) is 0 Å². The predicted molar refractivity (Wildman–Crippen MR) is 91.5 cm³/mol. The number of hydrogen-bond donors (Lipinski definition) is 2. The van der Waals surface area contributed by atoms with Crippen molar-refractivity contribution in [2.75, 3.05) is 13.6 Å². The molecule has 4 nitrogen and oxygen atoms in total. The molecule has 0 fully saturated rings. The lowest BCUT2D eigenvalue weighted by atomic mass is 10.3. The lowest BCUT2D eigenvalue weighted by Gasteiger charge is -2.19. The first kappa shape index (κ1) is 18.9. The summed E-state index contributed by atoms with van der Waals surface area (Å²) in [4.78, 5) is 4.10. The van der Waals surface area contributed by atoms with E-state index in [4.69, 9.17) is 4.74 Å². The van der Waals surface area contributed by atoms with Crippen LogP contribution in [0.15, 0.2) is 29.3 Å². The summed E-state index contributed by atoms with van der Waals surface area (Å²) in [5, 5.41) is 6.34. The second-order valence-electron chi connectivity index (χ2n) is 4.64. The fourth-order valence-electron chi connectivity index (χ4n) is 1.52. The van der Waals surface area contributed by atoms with Gasteiger partial charge in [-0.05, 0) is 32.9 Å². The molecule has 0 aliphatic carbocycles. The molecule has 0 aliphatic rings. The molecular formula is C14H23FIN3O. The van der Waals surface area contributed by atoms with E-state index in [1.165, 1.54) is 12.1 Å². The lowest BCUT2D eigenvalue weighted by molar-refractivity contribution is 0.223. The number of aliphatic imine (C=N–C) groups is 1. The Morgan fingerprint density at radius 1 is 1.35 bits per heavy atom. The van der Waals surface area contributed by atoms with E-state index < -0.39 is 0 Å². The van der Waals surface area contributed by atoms with Crippen LogP contribution in [0.5, 0.6) is 5.75 Å². The summed E-state index contributed by atoms with van der Waals surface area (Å²) in [6.45, 7) is 6.59. The highest BCUT2D eigenvalue weighted by Crippen LogP contribution is 2.13. The summed E-state index contributed by atoms with van der Waals surface area (Å²) in [6, 6.07) is 6.44. The minimum Gasteiger partial charge on any atom is -0.489 e. The second-order valence-corrected chi connectivity index (χ2v) is 4.64. The quantitative estimate of drug-likeness (QED) is 0.458. The molecule has 0 radical (unpaired) electrons. The molecule has 1 aromatic carbocycles. The van der Waals surface area contributed by atoms with Crippen molar-refractivity contribution in [1.82, 2.24) is 10.6 Å². The number of hydrogen-bond acceptors (Lipinski definition) is 2. The maximum atomic E-state index is 13.0. The van der Waals surface area contributed by atoms with Gasteiger partial charge < -0.3 is 15.4 Å². The molecule has 1 aromatic rings. The van der Waals surface area contributed by atoms with Crippen LogP contribution in [0, 0.1) is 5.82 Å². The van der Waals surface area contributed by atoms with Gasteiger partial charge in [-0.25, -0.2) is 4.39 Å². The van der Waals surface area contributed by atoms with Crippen LogP contribution >= 0.6 is 24.0 Å². The van der Waals surface area contributed by atoms with E-state index in [0.717, 1.165) is 5.96 Å². The highest BCUT2D eigenvalue weighted by molar-refractivity contribution is 14.0. The van der Waals surface area contributed by atoms with Gasteiger partial charge in [0.2, 0.25) is 0 Å². The minimum atomic E-state index is -0.296. The molecule has 6 heteroatoms. The number of nitrogens with one attached hydrogen (secondary N) is 2. The van der Waals surface area contributed by atoms with Gasteiger partial charge >= 0.3 is 0 Å². The summed E-state index contributed by atoms with van der Waals surface area (Å²) in [5.74, 6) is 0.959. The van der Waals surface area contributed by atoms with E-state index in [1.54, 1.807) is 19.2 Å². The van der Waals surface area contributed by atoms with Gasteiger partial charge in [0.1, 0.15) is 17.7 Å². The fourth-order valence-corrected chi connectivity index (χ4v) is 1.52. The SMILES string of the molecule is CN=C(NCC(C)Oc1cccc(F)c1)NC(C)C.I. The Hall–Kier alpha value is -1.05. The third-order valence-electron chi connectivity index (χ3n) is 2.34. The van der Waals surface area contributed by atoms with Crippen molar-refractivity contribution in [2.45, 2.75) is 32.9 Å². The Morgan fingerprint density at radius 3 is 2.60 bits per heavy atom. The average Bonchev–Trinajstić information content (AvgIpc) is 2.34. The van der Waals surface area contributed by atoms with Gasteiger partial charge in [0.05, 0.1) is 6.54 Å². The number of nitrogens with zero attached hydrogens (tertiary/aromatic N) is 1. The number of ether oxygens (including phenoxy) is 1. The van der Waals surface area contributed by atoms with Crippen molar-refractivity contribution in [3.05, 3.63) is 30.1 Å². The van der Waals surface area contributed by atoms with Gasteiger partial charge in [-0.2, -0.15) is 0 Å². The zero-order valence-electron chi connectivity index (χ0n) is 12.3. The van der Waals surface area contributed by atoms with E-state index in [9.17, 15) is 4.39 Å². The number of guanidine groups is 1. The Kier molecular flexibility index (Phi) is 9.28. The van der Waals surface area contributed by atoms with Gasteiger partial charge in [0.15, 0.2) is 5.96 Å². The first-order valence-electron chi connectivity index (χ1n) is 6.40. The molecule has 1 atom stereocenters. The minimum absolute atomic E-state index is 0. The monoisotopic (exact) mass is 395 g/mol. The largest absolute Gasteiger partial charge is 0.489 e. The molecule has 0 heterocycles. The molecule has 0 saturated carbocycles. The zero-order chi connectivity index (χ0) is 14.3. The fraction of sp³-hybridized carbons (Fsp3) is 0.500. The predicted octanol–water partition coefficient (Wildman–Crippen LogP) is 2.78. The van der Waals surface area contributed by atoms with Crippen molar-refractivity contribution in [1.29, 1.82) is 0 Å². The molecule has 114 valence electrons. The van der Waals surface area contributed by atoms with E-state index in [2.05, 4.69) is 15.6 Å². The Bertz CT molecular complexity index is 427. The van der Waals surface area contributed by atoms with Crippen LogP contribution < -0.4 is 15.4 Å². The second kappa shape index (κ2) is 9.79. The van der Waals surface area contributed by atoms with Gasteiger partial charge in [-0.15, -0.1) is 24.0 Å². The van der Waals surface area contributed by atoms with E-state index in [0.29, 0.717) is 18.3 Å². The van der Waals surface area contributed by atoms with E-state index in [-0.39, 0.29) is 35.9 Å². The Balaban J connectivity index is 0.00000361. The highest BCUT2D eigenvalue weighted by Gasteiger charge is 2.06. The van der Waals surface area contributed by atoms with Crippen molar-refractivity contribution in [3.63, 3.8) is 0 Å². The molecule has 0 spiro atoms. The van der Waals surface area contributed by atoms with Gasteiger partial charge in [-0.1, -0.05) is 6.07 Å². The molecule has 0 aliphatic heterocycles. The summed E-state index contributed by atoms with van der Waals surface area (Å²) in [6.07, 6.45) is -0.0903. The smallest absolute Gasteiger partial charge is 0.191 e. The Labute approximate surface area is 137 Å². The third-order valence-corrected chi connectivity index (χ3v) is 2.34. The van der Waals surface area contributed by atoms with Crippen LogP contribution in [0.3, 0.4) is 0 Å². The summed E-state index contributed by atoms with van der Waals surface area (Å²) >= 11 is 0. The third kappa shape index (κ3) is 7.52. The van der Waals surface area contributed by atoms with E-state index in [1.807, 2.05) is 20.8 Å².